The summed E-state index contributed by atoms with van der Waals surface area (Å²) < 4.78 is 156. The smallest absolute Gasteiger partial charge is 0.380 e. The molecule has 1 aromatic heterocycles. The Bertz CT molecular complexity index is 1900. The van der Waals surface area contributed by atoms with Crippen molar-refractivity contribution in [1.29, 1.82) is 0 Å². The van der Waals surface area contributed by atoms with E-state index in [2.05, 4.69) is 4.18 Å². The highest BCUT2D eigenvalue weighted by Gasteiger charge is 2.50. The maximum Gasteiger partial charge on any atom is 0.534 e. The lowest BCUT2D eigenvalue weighted by atomic mass is 9.94. The number of alkyl halides is 9. The molecule has 0 spiro atoms. The first-order valence-electron chi connectivity index (χ1n) is 15.3. The maximum absolute atomic E-state index is 14.0. The number of carbonyl (C=O) groups is 1. The fourth-order valence-electron chi connectivity index (χ4n) is 6.13. The SMILES string of the molecule is CC(C)(C)OC(O)n1cc(C[C@@H]2CN3CC(OS(=O)(=O)C(F)(F)F)=CC[C@@H]3CN2C(=O)c2cc(C(F)(F)F)cc(C(F)(F)F)c2)c2ccccc21. The summed E-state index contributed by atoms with van der Waals surface area (Å²) in [7, 11) is -6.01. The van der Waals surface area contributed by atoms with Crippen LogP contribution >= 0.6 is 0 Å². The highest BCUT2D eigenvalue weighted by Crippen LogP contribution is 2.38. The average molecular weight is 758 g/mol. The van der Waals surface area contributed by atoms with Crippen LogP contribution in [0.15, 0.2) is 60.5 Å². The summed E-state index contributed by atoms with van der Waals surface area (Å²) in [5, 5.41) is 11.5. The van der Waals surface area contributed by atoms with Crippen molar-refractivity contribution in [2.75, 3.05) is 19.6 Å². The van der Waals surface area contributed by atoms with Gasteiger partial charge in [-0.2, -0.15) is 47.9 Å². The fraction of sp³-hybridized carbons (Fsp3) is 0.469. The van der Waals surface area contributed by atoms with Crippen molar-refractivity contribution in [2.45, 2.75) is 75.6 Å². The summed E-state index contributed by atoms with van der Waals surface area (Å²) in [6.07, 6.45) is -9.62. The van der Waals surface area contributed by atoms with Crippen molar-refractivity contribution in [3.8, 4) is 0 Å². The van der Waals surface area contributed by atoms with E-state index >= 15 is 0 Å². The van der Waals surface area contributed by atoms with Crippen LogP contribution in [0.1, 0.15) is 60.7 Å². The Morgan fingerprint density at radius 3 is 2.12 bits per heavy atom. The molecule has 0 radical (unpaired) electrons. The number of nitrogens with zero attached hydrogens (tertiary/aromatic N) is 3. The Morgan fingerprint density at radius 1 is 0.941 bits per heavy atom. The van der Waals surface area contributed by atoms with Crippen molar-refractivity contribution >= 4 is 26.9 Å². The summed E-state index contributed by atoms with van der Waals surface area (Å²) in [5.74, 6) is -1.71. The van der Waals surface area contributed by atoms with E-state index in [-0.39, 0.29) is 32.0 Å². The topological polar surface area (TPSA) is 101 Å². The molecule has 3 heterocycles. The predicted molar refractivity (Wildman–Crippen MR) is 163 cm³/mol. The second kappa shape index (κ2) is 13.3. The molecule has 280 valence electrons. The van der Waals surface area contributed by atoms with Crippen LogP contribution < -0.4 is 0 Å². The Kier molecular flexibility index (Phi) is 10.0. The average Bonchev–Trinajstić information content (AvgIpc) is 3.36. The van der Waals surface area contributed by atoms with Gasteiger partial charge in [0.1, 0.15) is 5.76 Å². The molecule has 9 nitrogen and oxygen atoms in total. The van der Waals surface area contributed by atoms with Gasteiger partial charge in [-0.3, -0.25) is 14.3 Å². The van der Waals surface area contributed by atoms with Crippen LogP contribution in [-0.2, 0) is 37.8 Å². The van der Waals surface area contributed by atoms with Crippen molar-refractivity contribution in [3.05, 3.63) is 82.8 Å². The van der Waals surface area contributed by atoms with Gasteiger partial charge >= 0.3 is 28.0 Å². The fourth-order valence-corrected chi connectivity index (χ4v) is 6.62. The number of para-hydroxylation sites is 1. The molecule has 1 N–H and O–H groups in total. The third kappa shape index (κ3) is 8.47. The number of amides is 1. The van der Waals surface area contributed by atoms with E-state index in [1.807, 2.05) is 0 Å². The van der Waals surface area contributed by atoms with E-state index in [0.717, 1.165) is 11.0 Å². The zero-order valence-corrected chi connectivity index (χ0v) is 27.9. The van der Waals surface area contributed by atoms with Gasteiger partial charge in [-0.1, -0.05) is 18.2 Å². The van der Waals surface area contributed by atoms with Crippen LogP contribution in [0.3, 0.4) is 0 Å². The van der Waals surface area contributed by atoms with Gasteiger partial charge in [0.2, 0.25) is 6.41 Å². The quantitative estimate of drug-likeness (QED) is 0.122. The molecule has 3 aromatic rings. The van der Waals surface area contributed by atoms with Crippen LogP contribution in [0.2, 0.25) is 0 Å². The monoisotopic (exact) mass is 757 g/mol. The molecular weight excluding hydrogens is 725 g/mol. The first-order valence-corrected chi connectivity index (χ1v) is 16.7. The number of aliphatic hydroxyl groups excluding tert-OH is 1. The Labute approximate surface area is 285 Å². The summed E-state index contributed by atoms with van der Waals surface area (Å²) >= 11 is 0. The molecule has 0 saturated carbocycles. The lowest BCUT2D eigenvalue weighted by molar-refractivity contribution is -0.207. The molecule has 2 aliphatic heterocycles. The second-order valence-corrected chi connectivity index (χ2v) is 14.8. The number of hydrogen-bond donors (Lipinski definition) is 1. The van der Waals surface area contributed by atoms with E-state index in [1.165, 1.54) is 15.7 Å². The van der Waals surface area contributed by atoms with Gasteiger partial charge in [0.05, 0.1) is 28.8 Å². The molecule has 2 aliphatic rings. The van der Waals surface area contributed by atoms with Gasteiger partial charge < -0.3 is 18.9 Å². The first kappa shape index (κ1) is 38.4. The number of benzene rings is 2. The van der Waals surface area contributed by atoms with Crippen molar-refractivity contribution in [1.82, 2.24) is 14.4 Å². The Morgan fingerprint density at radius 2 is 1.55 bits per heavy atom. The molecule has 1 unspecified atom stereocenters. The number of aromatic nitrogens is 1. The third-order valence-electron chi connectivity index (χ3n) is 8.36. The molecule has 3 atom stereocenters. The molecule has 0 aliphatic carbocycles. The summed E-state index contributed by atoms with van der Waals surface area (Å²) in [6, 6.07) is 5.49. The van der Waals surface area contributed by atoms with Gasteiger partial charge in [-0.25, -0.2) is 0 Å². The van der Waals surface area contributed by atoms with Crippen LogP contribution in [0.25, 0.3) is 10.9 Å². The predicted octanol–water partition coefficient (Wildman–Crippen LogP) is 6.83. The molecule has 1 amide bonds. The van der Waals surface area contributed by atoms with E-state index in [1.54, 1.807) is 45.0 Å². The first-order chi connectivity index (χ1) is 23.3. The molecular formula is C32H32F9N3O6S. The Hall–Kier alpha value is -3.81. The zero-order valence-electron chi connectivity index (χ0n) is 27.1. The number of hydrogen-bond acceptors (Lipinski definition) is 7. The largest absolute Gasteiger partial charge is 0.534 e. The molecule has 19 heteroatoms. The van der Waals surface area contributed by atoms with Crippen LogP contribution in [0, 0.1) is 0 Å². The number of aliphatic hydroxyl groups is 1. The van der Waals surface area contributed by atoms with E-state index in [0.29, 0.717) is 28.6 Å². The summed E-state index contributed by atoms with van der Waals surface area (Å²) in [4.78, 5) is 16.6. The number of carbonyl (C=O) groups excluding carboxylic acids is 1. The third-order valence-corrected chi connectivity index (χ3v) is 9.36. The Balaban J connectivity index is 1.56. The standard InChI is InChI=1S/C32H32F9N3O6S/c1-29(2,3)49-28(46)44-14-19(25-6-4-5-7-26(25)44)12-23-15-42-17-24(50-51(47,48)32(39,40)41)9-8-22(42)16-43(23)27(45)18-10-20(30(33,34)35)13-21(11-18)31(36,37)38/h4-7,9-11,13-14,22-23,28,46H,8,12,15-17H2,1-3H3/t22-,23-,28?/m1/s1. The minimum absolute atomic E-state index is 0.101. The van der Waals surface area contributed by atoms with Gasteiger partial charge in [0, 0.05) is 42.3 Å². The van der Waals surface area contributed by atoms with Crippen molar-refractivity contribution < 1.29 is 66.8 Å². The summed E-state index contributed by atoms with van der Waals surface area (Å²) in [6.45, 7) is 4.15. The number of rotatable bonds is 7. The van der Waals surface area contributed by atoms with Crippen LogP contribution in [0.4, 0.5) is 39.5 Å². The van der Waals surface area contributed by atoms with E-state index in [9.17, 15) is 57.8 Å². The zero-order chi connectivity index (χ0) is 37.9. The van der Waals surface area contributed by atoms with Crippen molar-refractivity contribution in [3.63, 3.8) is 0 Å². The minimum Gasteiger partial charge on any atom is -0.380 e. The van der Waals surface area contributed by atoms with Gasteiger partial charge in [0.15, 0.2) is 0 Å². The normalized spacial score (nSPS) is 20.3. The van der Waals surface area contributed by atoms with Gasteiger partial charge in [-0.05, 0) is 69.5 Å². The molecule has 0 bridgehead atoms. The van der Waals surface area contributed by atoms with Gasteiger partial charge in [-0.15, -0.1) is 0 Å². The number of ether oxygens (including phenoxy) is 1. The lowest BCUT2D eigenvalue weighted by Gasteiger charge is -2.48. The lowest BCUT2D eigenvalue weighted by Crippen LogP contribution is -2.61. The van der Waals surface area contributed by atoms with E-state index in [4.69, 9.17) is 4.74 Å². The molecule has 1 saturated heterocycles. The number of fused-ring (bicyclic) bond motifs is 2. The second-order valence-electron chi connectivity index (χ2n) is 13.2. The number of halogens is 9. The highest BCUT2D eigenvalue weighted by molar-refractivity contribution is 7.87. The van der Waals surface area contributed by atoms with Gasteiger partial charge in [0.25, 0.3) is 5.91 Å². The molecule has 5 rings (SSSR count). The number of piperazine rings is 1. The molecule has 1 fully saturated rings. The summed E-state index contributed by atoms with van der Waals surface area (Å²) in [5.41, 5.74) is -9.83. The van der Waals surface area contributed by atoms with Crippen LogP contribution in [-0.4, -0.2) is 76.6 Å². The van der Waals surface area contributed by atoms with E-state index < -0.39 is 87.0 Å². The minimum atomic E-state index is -6.01. The molecule has 2 aromatic carbocycles. The highest BCUT2D eigenvalue weighted by atomic mass is 32.2. The van der Waals surface area contributed by atoms with Crippen LogP contribution in [0.5, 0.6) is 0 Å². The molecule has 51 heavy (non-hydrogen) atoms. The maximum atomic E-state index is 14.0. The van der Waals surface area contributed by atoms with Crippen molar-refractivity contribution in [2.24, 2.45) is 0 Å².